The Labute approximate surface area is 117 Å². The van der Waals surface area contributed by atoms with Crippen molar-refractivity contribution in [1.29, 1.82) is 0 Å². The number of nitrogens with zero attached hydrogens (tertiary/aromatic N) is 1. The van der Waals surface area contributed by atoms with Crippen LogP contribution < -0.4 is 5.32 Å². The van der Waals surface area contributed by atoms with E-state index in [1.807, 2.05) is 42.6 Å². The highest BCUT2D eigenvalue weighted by Crippen LogP contribution is 2.17. The fourth-order valence-electron chi connectivity index (χ4n) is 2.04. The van der Waals surface area contributed by atoms with Crippen LogP contribution in [0.2, 0.25) is 5.02 Å². The monoisotopic (exact) mass is 268 g/mol. The van der Waals surface area contributed by atoms with Crippen molar-refractivity contribution in [3.8, 4) is 0 Å². The summed E-state index contributed by atoms with van der Waals surface area (Å²) in [4.78, 5) is 4.31. The average molecular weight is 269 g/mol. The number of anilines is 1. The quantitative estimate of drug-likeness (QED) is 0.756. The van der Waals surface area contributed by atoms with Crippen molar-refractivity contribution in [2.24, 2.45) is 0 Å². The van der Waals surface area contributed by atoms with E-state index in [0.717, 1.165) is 28.2 Å². The number of halogens is 1. The van der Waals surface area contributed by atoms with Crippen molar-refractivity contribution in [2.75, 3.05) is 5.32 Å². The van der Waals surface area contributed by atoms with E-state index in [9.17, 15) is 0 Å². The fraction of sp³-hybridized carbons (Fsp3) is 0.0625. The maximum absolute atomic E-state index is 5.96. The maximum Gasteiger partial charge on any atom is 0.0702 e. The van der Waals surface area contributed by atoms with Crippen LogP contribution in [0.1, 0.15) is 5.56 Å². The summed E-state index contributed by atoms with van der Waals surface area (Å²) in [5.74, 6) is 0. The van der Waals surface area contributed by atoms with E-state index in [1.54, 1.807) is 0 Å². The van der Waals surface area contributed by atoms with Crippen LogP contribution in [0.4, 0.5) is 5.69 Å². The Bertz CT molecular complexity index is 710. The van der Waals surface area contributed by atoms with Crippen LogP contribution in [-0.4, -0.2) is 4.98 Å². The van der Waals surface area contributed by atoms with E-state index >= 15 is 0 Å². The number of aromatic nitrogens is 1. The molecule has 0 spiro atoms. The Morgan fingerprint density at radius 2 is 1.95 bits per heavy atom. The van der Waals surface area contributed by atoms with Crippen molar-refractivity contribution in [3.05, 3.63) is 71.4 Å². The van der Waals surface area contributed by atoms with Crippen LogP contribution in [0.3, 0.4) is 0 Å². The van der Waals surface area contributed by atoms with Gasteiger partial charge in [0.1, 0.15) is 0 Å². The molecule has 94 valence electrons. The Morgan fingerprint density at radius 3 is 2.84 bits per heavy atom. The first-order valence-electron chi connectivity index (χ1n) is 6.14. The summed E-state index contributed by atoms with van der Waals surface area (Å²) >= 11 is 5.96. The molecule has 3 heteroatoms. The van der Waals surface area contributed by atoms with Crippen molar-refractivity contribution in [3.63, 3.8) is 0 Å². The number of hydrogen-bond acceptors (Lipinski definition) is 2. The van der Waals surface area contributed by atoms with Crippen LogP contribution in [0.25, 0.3) is 10.9 Å². The first-order valence-corrected chi connectivity index (χ1v) is 6.52. The van der Waals surface area contributed by atoms with Gasteiger partial charge in [-0.1, -0.05) is 29.8 Å². The van der Waals surface area contributed by atoms with Crippen LogP contribution in [-0.2, 0) is 6.54 Å². The van der Waals surface area contributed by atoms with Crippen LogP contribution >= 0.6 is 11.6 Å². The number of benzene rings is 2. The second kappa shape index (κ2) is 5.29. The first-order chi connectivity index (χ1) is 9.31. The molecule has 1 heterocycles. The molecule has 0 fully saturated rings. The van der Waals surface area contributed by atoms with E-state index in [2.05, 4.69) is 28.5 Å². The minimum absolute atomic E-state index is 0.743. The predicted molar refractivity (Wildman–Crippen MR) is 80.5 cm³/mol. The largest absolute Gasteiger partial charge is 0.381 e. The van der Waals surface area contributed by atoms with Gasteiger partial charge in [-0.3, -0.25) is 4.98 Å². The highest BCUT2D eigenvalue weighted by Gasteiger charge is 1.98. The summed E-state index contributed by atoms with van der Waals surface area (Å²) in [7, 11) is 0. The van der Waals surface area contributed by atoms with Gasteiger partial charge in [0.05, 0.1) is 5.52 Å². The molecule has 0 aliphatic rings. The van der Waals surface area contributed by atoms with E-state index in [-0.39, 0.29) is 0 Å². The molecule has 0 radical (unpaired) electrons. The number of fused-ring (bicyclic) bond motifs is 1. The van der Waals surface area contributed by atoms with E-state index < -0.39 is 0 Å². The summed E-state index contributed by atoms with van der Waals surface area (Å²) < 4.78 is 0. The normalized spacial score (nSPS) is 10.6. The van der Waals surface area contributed by atoms with Crippen molar-refractivity contribution in [1.82, 2.24) is 4.98 Å². The molecule has 0 unspecified atom stereocenters. The number of pyridine rings is 1. The fourth-order valence-corrected chi connectivity index (χ4v) is 2.23. The van der Waals surface area contributed by atoms with Crippen molar-refractivity contribution < 1.29 is 0 Å². The number of nitrogens with one attached hydrogen (secondary N) is 1. The lowest BCUT2D eigenvalue weighted by molar-refractivity contribution is 1.15. The van der Waals surface area contributed by atoms with Gasteiger partial charge in [0.15, 0.2) is 0 Å². The summed E-state index contributed by atoms with van der Waals surface area (Å²) in [6.45, 7) is 0.769. The molecule has 3 aromatic rings. The third kappa shape index (κ3) is 2.85. The molecular weight excluding hydrogens is 256 g/mol. The summed E-state index contributed by atoms with van der Waals surface area (Å²) in [5.41, 5.74) is 3.27. The lowest BCUT2D eigenvalue weighted by Gasteiger charge is -2.07. The molecule has 0 saturated heterocycles. The molecule has 0 atom stereocenters. The summed E-state index contributed by atoms with van der Waals surface area (Å²) in [6.07, 6.45) is 1.81. The molecule has 0 saturated carbocycles. The van der Waals surface area contributed by atoms with Gasteiger partial charge in [-0.25, -0.2) is 0 Å². The second-order valence-electron chi connectivity index (χ2n) is 4.39. The van der Waals surface area contributed by atoms with E-state index in [1.165, 1.54) is 5.56 Å². The van der Waals surface area contributed by atoms with E-state index in [0.29, 0.717) is 0 Å². The minimum atomic E-state index is 0.743. The smallest absolute Gasteiger partial charge is 0.0702 e. The molecule has 0 aliphatic carbocycles. The van der Waals surface area contributed by atoms with Gasteiger partial charge in [0.25, 0.3) is 0 Å². The Balaban J connectivity index is 1.78. The lowest BCUT2D eigenvalue weighted by Crippen LogP contribution is -1.99. The third-order valence-corrected chi connectivity index (χ3v) is 3.22. The molecular formula is C16H13ClN2. The van der Waals surface area contributed by atoms with Gasteiger partial charge in [-0.05, 0) is 42.0 Å². The predicted octanol–water partition coefficient (Wildman–Crippen LogP) is 4.50. The molecule has 0 bridgehead atoms. The minimum Gasteiger partial charge on any atom is -0.381 e. The summed E-state index contributed by atoms with van der Waals surface area (Å²) in [6, 6.07) is 18.1. The molecule has 19 heavy (non-hydrogen) atoms. The van der Waals surface area contributed by atoms with Crippen molar-refractivity contribution in [2.45, 2.75) is 6.54 Å². The zero-order chi connectivity index (χ0) is 13.1. The molecule has 1 N–H and O–H groups in total. The van der Waals surface area contributed by atoms with Gasteiger partial charge in [0, 0.05) is 28.8 Å². The lowest BCUT2D eigenvalue weighted by atomic mass is 10.1. The van der Waals surface area contributed by atoms with Gasteiger partial charge in [0.2, 0.25) is 0 Å². The zero-order valence-corrected chi connectivity index (χ0v) is 11.1. The van der Waals surface area contributed by atoms with E-state index in [4.69, 9.17) is 11.6 Å². The van der Waals surface area contributed by atoms with Gasteiger partial charge in [-0.15, -0.1) is 0 Å². The standard InChI is InChI=1S/C16H13ClN2/c17-14-4-1-5-15(10-14)19-11-12-6-7-16-13(9-12)3-2-8-18-16/h1-10,19H,11H2. The maximum atomic E-state index is 5.96. The highest BCUT2D eigenvalue weighted by molar-refractivity contribution is 6.30. The zero-order valence-electron chi connectivity index (χ0n) is 10.3. The van der Waals surface area contributed by atoms with Crippen molar-refractivity contribution >= 4 is 28.2 Å². The topological polar surface area (TPSA) is 24.9 Å². The van der Waals surface area contributed by atoms with Crippen LogP contribution in [0, 0.1) is 0 Å². The Kier molecular flexibility index (Phi) is 3.34. The van der Waals surface area contributed by atoms with Crippen LogP contribution in [0.5, 0.6) is 0 Å². The van der Waals surface area contributed by atoms with Gasteiger partial charge in [-0.2, -0.15) is 0 Å². The summed E-state index contributed by atoms with van der Waals surface area (Å²) in [5, 5.41) is 5.26. The molecule has 2 nitrogen and oxygen atoms in total. The first kappa shape index (κ1) is 12.0. The Morgan fingerprint density at radius 1 is 1.00 bits per heavy atom. The third-order valence-electron chi connectivity index (χ3n) is 2.99. The molecule has 2 aromatic carbocycles. The second-order valence-corrected chi connectivity index (χ2v) is 4.83. The highest BCUT2D eigenvalue weighted by atomic mass is 35.5. The SMILES string of the molecule is Clc1cccc(NCc2ccc3ncccc3c2)c1. The average Bonchev–Trinajstić information content (AvgIpc) is 2.45. The molecule has 0 aliphatic heterocycles. The molecule has 1 aromatic heterocycles. The number of hydrogen-bond donors (Lipinski definition) is 1. The van der Waals surface area contributed by atoms with Crippen LogP contribution in [0.15, 0.2) is 60.8 Å². The molecule has 3 rings (SSSR count). The number of rotatable bonds is 3. The van der Waals surface area contributed by atoms with Gasteiger partial charge >= 0.3 is 0 Å². The molecule has 0 amide bonds. The van der Waals surface area contributed by atoms with Gasteiger partial charge < -0.3 is 5.32 Å². The Hall–Kier alpha value is -2.06.